The maximum Gasteiger partial charge on any atom is 0.455 e. The molecule has 0 aliphatic rings. The Bertz CT molecular complexity index is 316. The zero-order valence-corrected chi connectivity index (χ0v) is 10.5. The predicted molar refractivity (Wildman–Crippen MR) is 56.1 cm³/mol. The van der Waals surface area contributed by atoms with Gasteiger partial charge in [-0.15, -0.1) is 0 Å². The molecule has 0 rings (SSSR count). The first-order valence-corrected chi connectivity index (χ1v) is 5.20. The van der Waals surface area contributed by atoms with Crippen molar-refractivity contribution in [2.45, 2.75) is 16.9 Å². The Balaban J connectivity index is 5.32. The zero-order valence-electron chi connectivity index (χ0n) is 8.28. The fourth-order valence-electron chi connectivity index (χ4n) is 0.682. The summed E-state index contributed by atoms with van der Waals surface area (Å²) in [6.45, 7) is 1.38. The summed E-state index contributed by atoms with van der Waals surface area (Å²) in [5.41, 5.74) is -1.36. The summed E-state index contributed by atoms with van der Waals surface area (Å²) in [6.07, 6.45) is -4.92. The van der Waals surface area contributed by atoms with E-state index in [4.69, 9.17) is 34.8 Å². The van der Waals surface area contributed by atoms with Crippen molar-refractivity contribution in [2.75, 3.05) is 6.61 Å². The molecule has 0 saturated carbocycles. The van der Waals surface area contributed by atoms with Crippen LogP contribution in [0.2, 0.25) is 0 Å². The van der Waals surface area contributed by atoms with Gasteiger partial charge in [0.05, 0.1) is 12.9 Å². The van der Waals surface area contributed by atoms with Gasteiger partial charge in [-0.2, -0.15) is 13.2 Å². The van der Waals surface area contributed by atoms with Gasteiger partial charge in [0.2, 0.25) is 5.78 Å². The number of allylic oxidation sites excluding steroid dienone is 1. The van der Waals surface area contributed by atoms with Crippen LogP contribution < -0.4 is 0 Å². The molecule has 0 aliphatic carbocycles. The molecular weight excluding hydrogens is 307 g/mol. The van der Waals surface area contributed by atoms with Gasteiger partial charge in [-0.1, -0.05) is 34.8 Å². The van der Waals surface area contributed by atoms with Crippen LogP contribution in [0, 0.1) is 0 Å². The zero-order chi connectivity index (χ0) is 13.9. The molecule has 0 aliphatic heterocycles. The highest BCUT2D eigenvalue weighted by Crippen LogP contribution is 2.32. The molecule has 0 amide bonds. The Morgan fingerprint density at radius 1 is 1.18 bits per heavy atom. The molecule has 0 fully saturated rings. The number of ketones is 2. The maximum atomic E-state index is 12.1. The summed E-state index contributed by atoms with van der Waals surface area (Å²) < 4.78 is 38.2. The van der Waals surface area contributed by atoms with Gasteiger partial charge in [0.15, 0.2) is 0 Å². The number of alkyl halides is 6. The van der Waals surface area contributed by atoms with Crippen LogP contribution in [0.3, 0.4) is 0 Å². The summed E-state index contributed by atoms with van der Waals surface area (Å²) in [7, 11) is 0. The summed E-state index contributed by atoms with van der Waals surface area (Å²) in [5, 5.41) is 0. The Morgan fingerprint density at radius 3 is 1.94 bits per heavy atom. The fourth-order valence-corrected chi connectivity index (χ4v) is 0.988. The number of hydrogen-bond acceptors (Lipinski definition) is 3. The van der Waals surface area contributed by atoms with Crippen LogP contribution in [0.5, 0.6) is 0 Å². The van der Waals surface area contributed by atoms with Crippen LogP contribution in [-0.4, -0.2) is 28.1 Å². The van der Waals surface area contributed by atoms with E-state index in [2.05, 4.69) is 4.74 Å². The summed E-state index contributed by atoms with van der Waals surface area (Å²) in [5.74, 6) is -4.03. The van der Waals surface area contributed by atoms with E-state index in [1.165, 1.54) is 6.92 Å². The number of carbonyl (C=O) groups is 2. The van der Waals surface area contributed by atoms with Crippen molar-refractivity contribution >= 4 is 46.4 Å². The third-order valence-electron chi connectivity index (χ3n) is 1.37. The van der Waals surface area contributed by atoms with E-state index in [1.54, 1.807) is 0 Å². The molecule has 9 heteroatoms. The van der Waals surface area contributed by atoms with Gasteiger partial charge in [0, 0.05) is 0 Å². The highest BCUT2D eigenvalue weighted by atomic mass is 35.6. The molecule has 98 valence electrons. The Hall–Kier alpha value is -0.460. The number of carbonyl (C=O) groups excluding carboxylic acids is 2. The smallest absolute Gasteiger partial charge is 0.455 e. The standard InChI is InChI=1S/C8H6Cl3F3O3/c1-2-17-3-4(5(15)7(9,10)11)6(16)8(12,13)14/h3H,2H2,1H3/b4-3-. The van der Waals surface area contributed by atoms with Crippen molar-refractivity contribution < 1.29 is 27.5 Å². The molecule has 0 spiro atoms. The molecule has 0 unspecified atom stereocenters. The number of ether oxygens (including phenoxy) is 1. The quantitative estimate of drug-likeness (QED) is 0.263. The topological polar surface area (TPSA) is 43.4 Å². The molecule has 0 aromatic carbocycles. The molecule has 0 N–H and O–H groups in total. The molecular formula is C8H6Cl3F3O3. The number of rotatable bonds is 4. The first kappa shape index (κ1) is 16.5. The van der Waals surface area contributed by atoms with Gasteiger partial charge < -0.3 is 4.74 Å². The van der Waals surface area contributed by atoms with E-state index in [0.29, 0.717) is 6.26 Å². The highest BCUT2D eigenvalue weighted by Gasteiger charge is 2.47. The van der Waals surface area contributed by atoms with Gasteiger partial charge in [-0.3, -0.25) is 9.59 Å². The highest BCUT2D eigenvalue weighted by molar-refractivity contribution is 6.78. The molecule has 3 nitrogen and oxygen atoms in total. The lowest BCUT2D eigenvalue weighted by Crippen LogP contribution is -2.33. The largest absolute Gasteiger partial charge is 0.501 e. The maximum absolute atomic E-state index is 12.1. The lowest BCUT2D eigenvalue weighted by atomic mass is 10.1. The van der Waals surface area contributed by atoms with E-state index in [0.717, 1.165) is 0 Å². The van der Waals surface area contributed by atoms with Crippen LogP contribution in [-0.2, 0) is 14.3 Å². The summed E-state index contributed by atoms with van der Waals surface area (Å²) >= 11 is 15.4. The second-order valence-corrected chi connectivity index (χ2v) is 4.92. The van der Waals surface area contributed by atoms with Crippen molar-refractivity contribution in [2.24, 2.45) is 0 Å². The lowest BCUT2D eigenvalue weighted by molar-refractivity contribution is -0.167. The van der Waals surface area contributed by atoms with Gasteiger partial charge in [0.25, 0.3) is 9.58 Å². The number of Topliss-reactive ketones (excluding diaryl/α,β-unsaturated/α-hetero) is 2. The van der Waals surface area contributed by atoms with Crippen molar-refractivity contribution in [1.82, 2.24) is 0 Å². The minimum absolute atomic E-state index is 0.0538. The van der Waals surface area contributed by atoms with E-state index in [9.17, 15) is 22.8 Å². The van der Waals surface area contributed by atoms with Crippen LogP contribution in [0.1, 0.15) is 6.92 Å². The molecule has 0 aromatic rings. The van der Waals surface area contributed by atoms with Gasteiger partial charge >= 0.3 is 6.18 Å². The average Bonchev–Trinajstić information content (AvgIpc) is 2.14. The fraction of sp³-hybridized carbons (Fsp3) is 0.500. The van der Waals surface area contributed by atoms with Crippen molar-refractivity contribution in [3.05, 3.63) is 11.8 Å². The predicted octanol–water partition coefficient (Wildman–Crippen LogP) is 2.98. The van der Waals surface area contributed by atoms with Crippen LogP contribution in [0.4, 0.5) is 13.2 Å². The molecule has 17 heavy (non-hydrogen) atoms. The molecule has 0 aromatic heterocycles. The summed E-state index contributed by atoms with van der Waals surface area (Å²) in [4.78, 5) is 22.2. The van der Waals surface area contributed by atoms with Crippen molar-refractivity contribution in [3.8, 4) is 0 Å². The molecule has 0 heterocycles. The monoisotopic (exact) mass is 312 g/mol. The minimum Gasteiger partial charge on any atom is -0.501 e. The van der Waals surface area contributed by atoms with E-state index < -0.39 is 27.1 Å². The van der Waals surface area contributed by atoms with Crippen LogP contribution in [0.15, 0.2) is 11.8 Å². The first-order valence-electron chi connectivity index (χ1n) is 4.06. The van der Waals surface area contributed by atoms with E-state index in [-0.39, 0.29) is 6.61 Å². The third-order valence-corrected chi connectivity index (χ3v) is 1.89. The number of halogens is 6. The van der Waals surface area contributed by atoms with Gasteiger partial charge in [-0.25, -0.2) is 0 Å². The first-order chi connectivity index (χ1) is 7.51. The minimum atomic E-state index is -5.26. The second-order valence-electron chi connectivity index (χ2n) is 2.64. The molecule has 0 saturated heterocycles. The Labute approximate surface area is 109 Å². The molecule has 0 bridgehead atoms. The normalized spacial score (nSPS) is 13.5. The average molecular weight is 313 g/mol. The second kappa shape index (κ2) is 5.93. The Kier molecular flexibility index (Phi) is 5.77. The van der Waals surface area contributed by atoms with Crippen LogP contribution >= 0.6 is 34.8 Å². The Morgan fingerprint density at radius 2 is 1.65 bits per heavy atom. The molecule has 0 atom stereocenters. The van der Waals surface area contributed by atoms with Gasteiger partial charge in [0.1, 0.15) is 5.57 Å². The van der Waals surface area contributed by atoms with Crippen molar-refractivity contribution in [3.63, 3.8) is 0 Å². The SMILES string of the molecule is CCO/C=C(\C(=O)C(F)(F)F)C(=O)C(Cl)(Cl)Cl. The number of hydrogen-bond donors (Lipinski definition) is 0. The summed E-state index contributed by atoms with van der Waals surface area (Å²) in [6, 6.07) is 0. The van der Waals surface area contributed by atoms with E-state index >= 15 is 0 Å². The lowest BCUT2D eigenvalue weighted by Gasteiger charge is -2.13. The van der Waals surface area contributed by atoms with Crippen molar-refractivity contribution in [1.29, 1.82) is 0 Å². The molecule has 0 radical (unpaired) electrons. The third kappa shape index (κ3) is 5.14. The van der Waals surface area contributed by atoms with Gasteiger partial charge in [-0.05, 0) is 6.92 Å². The van der Waals surface area contributed by atoms with Crippen LogP contribution in [0.25, 0.3) is 0 Å². The van der Waals surface area contributed by atoms with E-state index in [1.807, 2.05) is 0 Å².